The third-order valence-electron chi connectivity index (χ3n) is 4.27. The fraction of sp³-hybridized carbons (Fsp3) is 0.222. The van der Waals surface area contributed by atoms with Gasteiger partial charge in [0.05, 0.1) is 5.92 Å². The van der Waals surface area contributed by atoms with Crippen molar-refractivity contribution in [1.29, 1.82) is 0 Å². The molecule has 5 nitrogen and oxygen atoms in total. The molecule has 1 saturated heterocycles. The summed E-state index contributed by atoms with van der Waals surface area (Å²) >= 11 is 0. The van der Waals surface area contributed by atoms with E-state index in [1.807, 2.05) is 30.3 Å². The van der Waals surface area contributed by atoms with Crippen molar-refractivity contribution in [3.8, 4) is 5.75 Å². The van der Waals surface area contributed by atoms with Gasteiger partial charge >= 0.3 is 5.97 Å². The molecule has 2 aromatic carbocycles. The standard InChI is InChI=1S/C18H17NO4/c20-14-8-6-13(7-9-14)17(21)19-10-15(16(11-19)18(22)23)12-4-2-1-3-5-12/h1-9,15-16,20H,10-11H2,(H,22,23)/t15-,16+/m0/s1. The first-order chi connectivity index (χ1) is 11.1. The van der Waals surface area contributed by atoms with Gasteiger partial charge in [-0.15, -0.1) is 0 Å². The van der Waals surface area contributed by atoms with Gasteiger partial charge in [-0.25, -0.2) is 0 Å². The summed E-state index contributed by atoms with van der Waals surface area (Å²) in [6.07, 6.45) is 0. The van der Waals surface area contributed by atoms with Crippen LogP contribution in [0.5, 0.6) is 5.75 Å². The summed E-state index contributed by atoms with van der Waals surface area (Å²) in [6.45, 7) is 0.565. The highest BCUT2D eigenvalue weighted by molar-refractivity contribution is 5.95. The van der Waals surface area contributed by atoms with Gasteiger partial charge in [0.15, 0.2) is 0 Å². The minimum absolute atomic E-state index is 0.0912. The average Bonchev–Trinajstić information content (AvgIpc) is 3.01. The maximum absolute atomic E-state index is 12.6. The maximum Gasteiger partial charge on any atom is 0.308 e. The first-order valence-electron chi connectivity index (χ1n) is 7.42. The van der Waals surface area contributed by atoms with Gasteiger partial charge in [-0.3, -0.25) is 9.59 Å². The molecule has 0 aliphatic carbocycles. The Bertz CT molecular complexity index is 712. The number of likely N-dealkylation sites (tertiary alicyclic amines) is 1. The van der Waals surface area contributed by atoms with Gasteiger partial charge in [0.2, 0.25) is 0 Å². The van der Waals surface area contributed by atoms with Crippen LogP contribution in [0.25, 0.3) is 0 Å². The largest absolute Gasteiger partial charge is 0.508 e. The molecule has 1 amide bonds. The smallest absolute Gasteiger partial charge is 0.308 e. The molecule has 1 fully saturated rings. The van der Waals surface area contributed by atoms with E-state index >= 15 is 0 Å². The zero-order valence-corrected chi connectivity index (χ0v) is 12.4. The molecule has 0 aromatic heterocycles. The number of phenols is 1. The van der Waals surface area contributed by atoms with E-state index < -0.39 is 11.9 Å². The van der Waals surface area contributed by atoms with Crippen LogP contribution in [0, 0.1) is 5.92 Å². The van der Waals surface area contributed by atoms with Crippen molar-refractivity contribution >= 4 is 11.9 Å². The number of aliphatic carboxylic acids is 1. The molecule has 2 N–H and O–H groups in total. The van der Waals surface area contributed by atoms with E-state index in [4.69, 9.17) is 0 Å². The van der Waals surface area contributed by atoms with Crippen LogP contribution in [-0.2, 0) is 4.79 Å². The Kier molecular flexibility index (Phi) is 4.02. The first kappa shape index (κ1) is 15.1. The number of carbonyl (C=O) groups excluding carboxylic acids is 1. The fourth-order valence-corrected chi connectivity index (χ4v) is 3.04. The average molecular weight is 311 g/mol. The van der Waals surface area contributed by atoms with E-state index in [2.05, 4.69) is 0 Å². The molecule has 0 bridgehead atoms. The molecule has 0 spiro atoms. The Morgan fingerprint density at radius 3 is 2.22 bits per heavy atom. The fourth-order valence-electron chi connectivity index (χ4n) is 3.04. The van der Waals surface area contributed by atoms with E-state index in [1.165, 1.54) is 12.1 Å². The molecular formula is C18H17NO4. The lowest BCUT2D eigenvalue weighted by molar-refractivity contribution is -0.141. The molecular weight excluding hydrogens is 294 g/mol. The molecule has 0 unspecified atom stereocenters. The Balaban J connectivity index is 1.84. The van der Waals surface area contributed by atoms with Crippen LogP contribution in [0.1, 0.15) is 21.8 Å². The van der Waals surface area contributed by atoms with Crippen molar-refractivity contribution in [1.82, 2.24) is 4.90 Å². The highest BCUT2D eigenvalue weighted by atomic mass is 16.4. The summed E-state index contributed by atoms with van der Waals surface area (Å²) in [6, 6.07) is 15.4. The second kappa shape index (κ2) is 6.12. The lowest BCUT2D eigenvalue weighted by Crippen LogP contribution is -2.29. The summed E-state index contributed by atoms with van der Waals surface area (Å²) in [4.78, 5) is 25.7. The number of carbonyl (C=O) groups is 2. The molecule has 0 saturated carbocycles. The number of carboxylic acids is 1. The molecule has 118 valence electrons. The number of rotatable bonds is 3. The van der Waals surface area contributed by atoms with Crippen LogP contribution in [0.4, 0.5) is 0 Å². The third kappa shape index (κ3) is 3.04. The van der Waals surface area contributed by atoms with Gasteiger partial charge in [-0.05, 0) is 29.8 Å². The van der Waals surface area contributed by atoms with Gasteiger partial charge in [0.25, 0.3) is 5.91 Å². The van der Waals surface area contributed by atoms with Gasteiger partial charge in [0.1, 0.15) is 5.75 Å². The summed E-state index contributed by atoms with van der Waals surface area (Å²) < 4.78 is 0. The Morgan fingerprint density at radius 2 is 1.61 bits per heavy atom. The zero-order chi connectivity index (χ0) is 16.4. The Morgan fingerprint density at radius 1 is 0.957 bits per heavy atom. The lowest BCUT2D eigenvalue weighted by atomic mass is 9.89. The maximum atomic E-state index is 12.6. The second-order valence-electron chi connectivity index (χ2n) is 5.72. The van der Waals surface area contributed by atoms with Crippen molar-refractivity contribution in [2.24, 2.45) is 5.92 Å². The van der Waals surface area contributed by atoms with E-state index in [-0.39, 0.29) is 24.1 Å². The Hall–Kier alpha value is -2.82. The number of benzene rings is 2. The Labute approximate surface area is 133 Å². The van der Waals surface area contributed by atoms with Crippen LogP contribution in [0.15, 0.2) is 54.6 Å². The topological polar surface area (TPSA) is 77.8 Å². The van der Waals surface area contributed by atoms with E-state index in [0.29, 0.717) is 12.1 Å². The van der Waals surface area contributed by atoms with Crippen molar-refractivity contribution in [2.75, 3.05) is 13.1 Å². The first-order valence-corrected chi connectivity index (χ1v) is 7.42. The molecule has 1 aliphatic heterocycles. The summed E-state index contributed by atoms with van der Waals surface area (Å²) in [5.74, 6) is -1.84. The van der Waals surface area contributed by atoms with Gasteiger partial charge in [0, 0.05) is 24.6 Å². The molecule has 5 heteroatoms. The quantitative estimate of drug-likeness (QED) is 0.912. The normalized spacial score (nSPS) is 20.4. The molecule has 3 rings (SSSR count). The highest BCUT2D eigenvalue weighted by Gasteiger charge is 2.40. The summed E-state index contributed by atoms with van der Waals surface area (Å²) in [5, 5.41) is 18.8. The molecule has 2 aromatic rings. The molecule has 1 heterocycles. The van der Waals surface area contributed by atoms with Crippen LogP contribution < -0.4 is 0 Å². The summed E-state index contributed by atoms with van der Waals surface area (Å²) in [7, 11) is 0. The van der Waals surface area contributed by atoms with Crippen molar-refractivity contribution < 1.29 is 19.8 Å². The number of aromatic hydroxyl groups is 1. The van der Waals surface area contributed by atoms with E-state index in [0.717, 1.165) is 5.56 Å². The van der Waals surface area contributed by atoms with Gasteiger partial charge in [-0.1, -0.05) is 30.3 Å². The number of hydrogen-bond acceptors (Lipinski definition) is 3. The summed E-state index contributed by atoms with van der Waals surface area (Å²) in [5.41, 5.74) is 1.38. The zero-order valence-electron chi connectivity index (χ0n) is 12.4. The van der Waals surface area contributed by atoms with E-state index in [9.17, 15) is 19.8 Å². The number of hydrogen-bond donors (Lipinski definition) is 2. The third-order valence-corrected chi connectivity index (χ3v) is 4.27. The number of carboxylic acid groups (broad SMARTS) is 1. The number of amides is 1. The SMILES string of the molecule is O=C(O)[C@@H]1CN(C(=O)c2ccc(O)cc2)C[C@H]1c1ccccc1. The van der Waals surface area contributed by atoms with Crippen LogP contribution in [0.2, 0.25) is 0 Å². The van der Waals surface area contributed by atoms with Gasteiger partial charge < -0.3 is 15.1 Å². The number of phenolic OH excluding ortho intramolecular Hbond substituents is 1. The molecule has 1 aliphatic rings. The minimum Gasteiger partial charge on any atom is -0.508 e. The van der Waals surface area contributed by atoms with Crippen LogP contribution >= 0.6 is 0 Å². The molecule has 0 radical (unpaired) electrons. The van der Waals surface area contributed by atoms with Crippen molar-refractivity contribution in [3.63, 3.8) is 0 Å². The van der Waals surface area contributed by atoms with Crippen molar-refractivity contribution in [2.45, 2.75) is 5.92 Å². The number of nitrogens with zero attached hydrogens (tertiary/aromatic N) is 1. The minimum atomic E-state index is -0.889. The van der Waals surface area contributed by atoms with E-state index in [1.54, 1.807) is 17.0 Å². The van der Waals surface area contributed by atoms with Crippen LogP contribution in [-0.4, -0.2) is 40.1 Å². The highest BCUT2D eigenvalue weighted by Crippen LogP contribution is 2.33. The predicted molar refractivity (Wildman–Crippen MR) is 84.3 cm³/mol. The lowest BCUT2D eigenvalue weighted by Gasteiger charge is -2.16. The monoisotopic (exact) mass is 311 g/mol. The molecule has 23 heavy (non-hydrogen) atoms. The predicted octanol–water partition coefficient (Wildman–Crippen LogP) is 2.33. The van der Waals surface area contributed by atoms with Crippen molar-refractivity contribution in [3.05, 3.63) is 65.7 Å². The molecule has 2 atom stereocenters. The second-order valence-corrected chi connectivity index (χ2v) is 5.72. The van der Waals surface area contributed by atoms with Gasteiger partial charge in [-0.2, -0.15) is 0 Å². The van der Waals surface area contributed by atoms with Crippen LogP contribution in [0.3, 0.4) is 0 Å².